The first-order valence-electron chi connectivity index (χ1n) is 12.7. The molecule has 1 fully saturated rings. The van der Waals surface area contributed by atoms with E-state index in [4.69, 9.17) is 23.7 Å². The van der Waals surface area contributed by atoms with Crippen molar-refractivity contribution >= 4 is 0 Å². The summed E-state index contributed by atoms with van der Waals surface area (Å²) in [5.41, 5.74) is 0. The first kappa shape index (κ1) is 29.8. The molecule has 1 aliphatic heterocycles. The molecule has 0 amide bonds. The van der Waals surface area contributed by atoms with Gasteiger partial charge >= 0.3 is 0 Å². The van der Waals surface area contributed by atoms with Gasteiger partial charge in [0, 0.05) is 32.3 Å². The molecule has 0 aromatic rings. The molecular formula is C25H52O5. The van der Waals surface area contributed by atoms with Gasteiger partial charge in [0.1, 0.15) is 6.10 Å². The molecule has 1 rings (SSSR count). The van der Waals surface area contributed by atoms with Crippen LogP contribution in [0.2, 0.25) is 0 Å². The van der Waals surface area contributed by atoms with E-state index < -0.39 is 5.97 Å². The molecule has 0 aromatic carbocycles. The van der Waals surface area contributed by atoms with Crippen molar-refractivity contribution < 1.29 is 23.7 Å². The maximum Gasteiger partial charge on any atom is 0.285 e. The third-order valence-electron chi connectivity index (χ3n) is 5.13. The van der Waals surface area contributed by atoms with Crippen LogP contribution in [0.5, 0.6) is 0 Å². The van der Waals surface area contributed by atoms with Crippen LogP contribution in [0.1, 0.15) is 106 Å². The normalized spacial score (nSPS) is 16.8. The van der Waals surface area contributed by atoms with Crippen LogP contribution in [-0.2, 0) is 23.7 Å². The molecule has 2 unspecified atom stereocenters. The van der Waals surface area contributed by atoms with E-state index in [1.807, 2.05) is 20.8 Å². The fourth-order valence-corrected chi connectivity index (χ4v) is 3.62. The van der Waals surface area contributed by atoms with Crippen LogP contribution in [0.15, 0.2) is 0 Å². The maximum absolute atomic E-state index is 5.98. The lowest BCUT2D eigenvalue weighted by molar-refractivity contribution is -0.403. The predicted octanol–water partition coefficient (Wildman–Crippen LogP) is 6.73. The monoisotopic (exact) mass is 432 g/mol. The molecule has 5 nitrogen and oxygen atoms in total. The summed E-state index contributed by atoms with van der Waals surface area (Å²) in [6.07, 6.45) is 12.8. The third kappa shape index (κ3) is 14.7. The van der Waals surface area contributed by atoms with Crippen molar-refractivity contribution in [2.45, 2.75) is 118 Å². The number of hydrogen-bond donors (Lipinski definition) is 0. The van der Waals surface area contributed by atoms with Crippen molar-refractivity contribution in [1.82, 2.24) is 0 Å². The second-order valence-electron chi connectivity index (χ2n) is 7.97. The first-order chi connectivity index (χ1) is 14.6. The third-order valence-corrected chi connectivity index (χ3v) is 5.13. The zero-order valence-electron chi connectivity index (χ0n) is 21.0. The van der Waals surface area contributed by atoms with Crippen molar-refractivity contribution in [2.24, 2.45) is 5.92 Å². The van der Waals surface area contributed by atoms with Gasteiger partial charge in [-0.1, -0.05) is 65.7 Å². The smallest absolute Gasteiger partial charge is 0.285 e. The summed E-state index contributed by atoms with van der Waals surface area (Å²) in [6.45, 7) is 17.1. The molecule has 1 saturated heterocycles. The van der Waals surface area contributed by atoms with E-state index in [9.17, 15) is 0 Å². The van der Waals surface area contributed by atoms with Gasteiger partial charge in [0.25, 0.3) is 5.97 Å². The molecule has 0 N–H and O–H groups in total. The lowest BCUT2D eigenvalue weighted by Gasteiger charge is -2.39. The molecule has 0 aliphatic carbocycles. The Morgan fingerprint density at radius 1 is 0.733 bits per heavy atom. The van der Waals surface area contributed by atoms with Crippen LogP contribution in [0.4, 0.5) is 0 Å². The summed E-state index contributed by atoms with van der Waals surface area (Å²) in [4.78, 5) is 0. The van der Waals surface area contributed by atoms with Gasteiger partial charge in [0.15, 0.2) is 0 Å². The van der Waals surface area contributed by atoms with Crippen molar-refractivity contribution in [3.05, 3.63) is 0 Å². The van der Waals surface area contributed by atoms with Gasteiger partial charge in [-0.15, -0.1) is 0 Å². The second kappa shape index (κ2) is 20.7. The number of epoxide rings is 1. The fraction of sp³-hybridized carbons (Fsp3) is 1.00. The van der Waals surface area contributed by atoms with E-state index in [0.29, 0.717) is 31.8 Å². The van der Waals surface area contributed by atoms with Crippen molar-refractivity contribution in [3.8, 4) is 0 Å². The minimum absolute atomic E-state index is 0.323. The number of hydrogen-bond acceptors (Lipinski definition) is 5. The van der Waals surface area contributed by atoms with Crippen molar-refractivity contribution in [1.29, 1.82) is 0 Å². The highest BCUT2D eigenvalue weighted by atomic mass is 16.9. The van der Waals surface area contributed by atoms with E-state index in [0.717, 1.165) is 45.5 Å². The minimum Gasteiger partial charge on any atom is -0.379 e. The van der Waals surface area contributed by atoms with Crippen LogP contribution in [0.3, 0.4) is 0 Å². The number of unbranched alkanes of at least 4 members (excludes halogenated alkanes) is 5. The van der Waals surface area contributed by atoms with E-state index in [-0.39, 0.29) is 0 Å². The zero-order valence-corrected chi connectivity index (χ0v) is 21.0. The summed E-state index contributed by atoms with van der Waals surface area (Å²) in [7, 11) is 0. The summed E-state index contributed by atoms with van der Waals surface area (Å²) in [5.74, 6) is -0.513. The van der Waals surface area contributed by atoms with Crippen molar-refractivity contribution in [2.75, 3.05) is 39.6 Å². The van der Waals surface area contributed by atoms with Gasteiger partial charge in [-0.05, 0) is 40.0 Å². The van der Waals surface area contributed by atoms with Crippen LogP contribution < -0.4 is 0 Å². The van der Waals surface area contributed by atoms with Gasteiger partial charge in [-0.25, -0.2) is 0 Å². The molecule has 2 atom stereocenters. The minimum atomic E-state index is -0.836. The molecule has 1 heterocycles. The van der Waals surface area contributed by atoms with Gasteiger partial charge < -0.3 is 23.7 Å². The number of ether oxygens (including phenoxy) is 5. The Labute approximate surface area is 187 Å². The lowest BCUT2D eigenvalue weighted by atomic mass is 9.93. The highest BCUT2D eigenvalue weighted by molar-refractivity contribution is 4.72. The molecule has 0 saturated carbocycles. The largest absolute Gasteiger partial charge is 0.379 e. The van der Waals surface area contributed by atoms with Crippen LogP contribution >= 0.6 is 0 Å². The van der Waals surface area contributed by atoms with E-state index >= 15 is 0 Å². The van der Waals surface area contributed by atoms with E-state index in [1.54, 1.807) is 0 Å². The quantitative estimate of drug-likeness (QED) is 0.121. The van der Waals surface area contributed by atoms with E-state index in [1.165, 1.54) is 38.5 Å². The van der Waals surface area contributed by atoms with E-state index in [2.05, 4.69) is 20.8 Å². The second-order valence-corrected chi connectivity index (χ2v) is 7.97. The Bertz CT molecular complexity index is 329. The molecule has 0 aromatic heterocycles. The molecule has 30 heavy (non-hydrogen) atoms. The van der Waals surface area contributed by atoms with Crippen LogP contribution in [-0.4, -0.2) is 51.7 Å². The summed E-state index contributed by atoms with van der Waals surface area (Å²) in [6, 6.07) is 0. The molecule has 0 radical (unpaired) electrons. The highest BCUT2D eigenvalue weighted by Gasteiger charge is 2.41. The van der Waals surface area contributed by atoms with Gasteiger partial charge in [0.05, 0.1) is 13.2 Å². The molecule has 1 aliphatic rings. The molecule has 182 valence electrons. The Kier molecular flexibility index (Phi) is 20.6. The Balaban J connectivity index is 0.000000867. The Morgan fingerprint density at radius 2 is 1.30 bits per heavy atom. The molecule has 0 bridgehead atoms. The summed E-state index contributed by atoms with van der Waals surface area (Å²) >= 11 is 0. The SMILES string of the molecule is CCCCCCCCC(CCC)C(OCC)(OCC)OCC.CCCOCC1CO1. The Hall–Kier alpha value is -0.200. The molecular weight excluding hydrogens is 380 g/mol. The zero-order chi connectivity index (χ0) is 22.5. The summed E-state index contributed by atoms with van der Waals surface area (Å²) < 4.78 is 28.0. The standard InChI is InChI=1S/C19H40O3.C6H12O2/c1-6-11-12-13-14-15-17-18(16-7-2)19(20-8-3,21-9-4)22-10-5;1-2-3-7-4-6-5-8-6/h18H,6-17H2,1-5H3;6H,2-5H2,1H3. The highest BCUT2D eigenvalue weighted by Crippen LogP contribution is 2.33. The summed E-state index contributed by atoms with van der Waals surface area (Å²) in [5, 5.41) is 0. The topological polar surface area (TPSA) is 49.5 Å². The predicted molar refractivity (Wildman–Crippen MR) is 125 cm³/mol. The van der Waals surface area contributed by atoms with Gasteiger partial charge in [-0.3, -0.25) is 0 Å². The molecule has 5 heteroatoms. The van der Waals surface area contributed by atoms with Crippen LogP contribution in [0, 0.1) is 5.92 Å². The first-order valence-corrected chi connectivity index (χ1v) is 12.7. The maximum atomic E-state index is 5.98. The average molecular weight is 433 g/mol. The van der Waals surface area contributed by atoms with Gasteiger partial charge in [-0.2, -0.15) is 0 Å². The van der Waals surface area contributed by atoms with Crippen LogP contribution in [0.25, 0.3) is 0 Å². The van der Waals surface area contributed by atoms with Gasteiger partial charge in [0.2, 0.25) is 0 Å². The average Bonchev–Trinajstić information content (AvgIpc) is 3.55. The van der Waals surface area contributed by atoms with Crippen molar-refractivity contribution in [3.63, 3.8) is 0 Å². The number of rotatable bonds is 20. The molecule has 0 spiro atoms. The lowest BCUT2D eigenvalue weighted by Crippen LogP contribution is -2.46. The fourth-order valence-electron chi connectivity index (χ4n) is 3.62. The Morgan fingerprint density at radius 3 is 1.77 bits per heavy atom.